The number of nitro groups is 2. The molecule has 0 fully saturated rings. The van der Waals surface area contributed by atoms with Crippen LogP contribution in [0.15, 0.2) is 84.9 Å². The molecule has 12 nitrogen and oxygen atoms in total. The lowest BCUT2D eigenvalue weighted by atomic mass is 10.0. The molecular formula is C35H36N2O10. The van der Waals surface area contributed by atoms with Crippen LogP contribution in [0.1, 0.15) is 76.8 Å². The minimum absolute atomic E-state index is 0.151. The van der Waals surface area contributed by atoms with E-state index in [1.165, 1.54) is 23.3 Å². The van der Waals surface area contributed by atoms with E-state index in [4.69, 9.17) is 0 Å². The molecule has 0 atom stereocenters. The number of nitro benzene ring substituents is 2. The van der Waals surface area contributed by atoms with Gasteiger partial charge in [-0.2, -0.15) is 0 Å². The summed E-state index contributed by atoms with van der Waals surface area (Å²) in [6, 6.07) is 24.4. The molecule has 0 saturated carbocycles. The van der Waals surface area contributed by atoms with Crippen LogP contribution in [-0.4, -0.2) is 41.8 Å². The smallest absolute Gasteiger partial charge is 0.325 e. The molecule has 0 aliphatic carbocycles. The topological polar surface area (TPSA) is 201 Å². The number of unbranched alkanes of at least 4 members (excludes halogenated alkanes) is 3. The number of carbonyl (C=O) groups is 2. The van der Waals surface area contributed by atoms with E-state index in [0.717, 1.165) is 44.2 Å². The maximum atomic E-state index is 12.2. The van der Waals surface area contributed by atoms with Crippen molar-refractivity contribution in [2.24, 2.45) is 0 Å². The Kier molecular flexibility index (Phi) is 13.4. The van der Waals surface area contributed by atoms with E-state index >= 15 is 0 Å². The number of rotatable bonds is 15. The molecule has 0 radical (unpaired) electrons. The molecule has 0 spiro atoms. The van der Waals surface area contributed by atoms with Crippen molar-refractivity contribution in [1.82, 2.24) is 0 Å². The van der Waals surface area contributed by atoms with Crippen LogP contribution < -0.4 is 0 Å². The maximum Gasteiger partial charge on any atom is 0.325 e. The average molecular weight is 645 g/mol. The van der Waals surface area contributed by atoms with Gasteiger partial charge in [-0.05, 0) is 73.9 Å². The first-order chi connectivity index (χ1) is 22.5. The maximum absolute atomic E-state index is 12.2. The van der Waals surface area contributed by atoms with E-state index in [9.17, 15) is 50.2 Å². The molecule has 0 saturated heterocycles. The largest absolute Gasteiger partial charge is 0.504 e. The molecule has 0 unspecified atom stereocenters. The quantitative estimate of drug-likeness (QED) is 0.0328. The number of phenols is 4. The molecular weight excluding hydrogens is 608 g/mol. The van der Waals surface area contributed by atoms with Crippen LogP contribution in [0.3, 0.4) is 0 Å². The van der Waals surface area contributed by atoms with E-state index in [1.807, 2.05) is 60.7 Å². The molecule has 0 amide bonds. The Morgan fingerprint density at radius 3 is 1.26 bits per heavy atom. The highest BCUT2D eigenvalue weighted by Gasteiger charge is 2.28. The van der Waals surface area contributed by atoms with E-state index in [1.54, 1.807) is 0 Å². The fraction of sp³-hybridized carbons (Fsp3) is 0.257. The zero-order chi connectivity index (χ0) is 34.3. The van der Waals surface area contributed by atoms with Crippen LogP contribution >= 0.6 is 0 Å². The van der Waals surface area contributed by atoms with Gasteiger partial charge in [-0.25, -0.2) is 0 Å². The van der Waals surface area contributed by atoms with Crippen LogP contribution in [0.4, 0.5) is 11.4 Å². The van der Waals surface area contributed by atoms with Crippen molar-refractivity contribution in [2.45, 2.75) is 57.8 Å². The van der Waals surface area contributed by atoms with Gasteiger partial charge in [0.25, 0.3) is 0 Å². The van der Waals surface area contributed by atoms with Crippen molar-refractivity contribution in [2.75, 3.05) is 0 Å². The van der Waals surface area contributed by atoms with Crippen molar-refractivity contribution >= 4 is 22.9 Å². The van der Waals surface area contributed by atoms with E-state index in [-0.39, 0.29) is 24.0 Å². The molecule has 47 heavy (non-hydrogen) atoms. The van der Waals surface area contributed by atoms with Crippen LogP contribution in [0.25, 0.3) is 0 Å². The Morgan fingerprint density at radius 2 is 0.872 bits per heavy atom. The molecule has 0 aromatic heterocycles. The third kappa shape index (κ3) is 10.4. The molecule has 4 aromatic carbocycles. The van der Waals surface area contributed by atoms with Gasteiger partial charge in [-0.15, -0.1) is 0 Å². The predicted octanol–water partition coefficient (Wildman–Crippen LogP) is 7.59. The van der Waals surface area contributed by atoms with Gasteiger partial charge in [-0.3, -0.25) is 29.8 Å². The number of nitrogens with zero attached hydrogens (tertiary/aromatic N) is 2. The van der Waals surface area contributed by atoms with Crippen LogP contribution in [0.2, 0.25) is 0 Å². The van der Waals surface area contributed by atoms with Crippen LogP contribution in [0, 0.1) is 20.2 Å². The average Bonchev–Trinajstić information content (AvgIpc) is 3.06. The molecule has 246 valence electrons. The number of aromatic hydroxyl groups is 4. The van der Waals surface area contributed by atoms with E-state index < -0.39 is 55.8 Å². The van der Waals surface area contributed by atoms with Crippen molar-refractivity contribution in [3.63, 3.8) is 0 Å². The molecule has 12 heteroatoms. The minimum atomic E-state index is -0.870. The highest BCUT2D eigenvalue weighted by atomic mass is 16.6. The normalized spacial score (nSPS) is 10.5. The third-order valence-electron chi connectivity index (χ3n) is 7.40. The Balaban J connectivity index is 0.000000256. The van der Waals surface area contributed by atoms with Crippen LogP contribution in [-0.2, 0) is 12.8 Å². The second-order valence-corrected chi connectivity index (χ2v) is 10.8. The fourth-order valence-corrected chi connectivity index (χ4v) is 4.92. The van der Waals surface area contributed by atoms with Crippen molar-refractivity contribution in [3.8, 4) is 23.0 Å². The lowest BCUT2D eigenvalue weighted by molar-refractivity contribution is -0.386. The summed E-state index contributed by atoms with van der Waals surface area (Å²) in [4.78, 5) is 44.6. The van der Waals surface area contributed by atoms with Crippen molar-refractivity contribution < 1.29 is 39.9 Å². The number of hydrogen-bond acceptors (Lipinski definition) is 10. The summed E-state index contributed by atoms with van der Waals surface area (Å²) in [5.41, 5.74) is 0.599. The summed E-state index contributed by atoms with van der Waals surface area (Å²) in [7, 11) is 0. The van der Waals surface area contributed by atoms with Gasteiger partial charge in [0.1, 0.15) is 0 Å². The SMILES string of the molecule is O=C(CCCCCc1ccccc1)c1ccc(O)c(O)c1[N+](=O)[O-].O=C(CCCCc1ccccc1)c1ccc(O)c(O)c1[N+](=O)[O-]. The summed E-state index contributed by atoms with van der Waals surface area (Å²) in [5.74, 6) is -3.78. The van der Waals surface area contributed by atoms with E-state index in [0.29, 0.717) is 12.8 Å². The molecule has 0 heterocycles. The standard InChI is InChI=1S/C18H19NO5.C17H17NO5/c20-15(10-6-2-5-9-13-7-3-1-4-8-13)14-11-12-16(21)18(22)17(14)19(23)24;19-14(9-5-4-8-12-6-2-1-3-7-12)13-10-11-15(20)17(21)16(13)18(22)23/h1,3-4,7-8,11-12,21-22H,2,5-6,9-10H2;1-3,6-7,10-11,20-21H,4-5,8-9H2. The van der Waals surface area contributed by atoms with Gasteiger partial charge in [0.2, 0.25) is 11.5 Å². The number of aryl methyl sites for hydroxylation is 2. The Bertz CT molecular complexity index is 1690. The molecule has 0 aliphatic heterocycles. The minimum Gasteiger partial charge on any atom is -0.504 e. The van der Waals surface area contributed by atoms with Gasteiger partial charge in [-0.1, -0.05) is 67.1 Å². The van der Waals surface area contributed by atoms with Gasteiger partial charge >= 0.3 is 11.4 Å². The summed E-state index contributed by atoms with van der Waals surface area (Å²) in [6.07, 6.45) is 5.83. The Hall–Kier alpha value is -5.78. The first-order valence-electron chi connectivity index (χ1n) is 15.0. The van der Waals surface area contributed by atoms with Gasteiger partial charge in [0, 0.05) is 12.8 Å². The van der Waals surface area contributed by atoms with Crippen molar-refractivity contribution in [1.29, 1.82) is 0 Å². The van der Waals surface area contributed by atoms with Gasteiger partial charge < -0.3 is 20.4 Å². The summed E-state index contributed by atoms with van der Waals surface area (Å²) >= 11 is 0. The number of benzene rings is 4. The zero-order valence-electron chi connectivity index (χ0n) is 25.6. The molecule has 4 rings (SSSR count). The Morgan fingerprint density at radius 1 is 0.511 bits per heavy atom. The van der Waals surface area contributed by atoms with Crippen molar-refractivity contribution in [3.05, 3.63) is 127 Å². The summed E-state index contributed by atoms with van der Waals surface area (Å²) in [6.45, 7) is 0. The number of hydrogen-bond donors (Lipinski definition) is 4. The zero-order valence-corrected chi connectivity index (χ0v) is 25.6. The molecule has 0 aliphatic rings. The summed E-state index contributed by atoms with van der Waals surface area (Å²) in [5, 5.41) is 59.8. The van der Waals surface area contributed by atoms with E-state index in [2.05, 4.69) is 0 Å². The number of Topliss-reactive ketones (excluding diaryl/α,β-unsaturated/α-hetero) is 2. The molecule has 4 N–H and O–H groups in total. The fourth-order valence-electron chi connectivity index (χ4n) is 4.92. The van der Waals surface area contributed by atoms with Crippen LogP contribution in [0.5, 0.6) is 23.0 Å². The second-order valence-electron chi connectivity index (χ2n) is 10.8. The van der Waals surface area contributed by atoms with Gasteiger partial charge in [0.05, 0.1) is 21.0 Å². The molecule has 4 aromatic rings. The highest BCUT2D eigenvalue weighted by molar-refractivity contribution is 6.01. The first kappa shape index (κ1) is 35.7. The van der Waals surface area contributed by atoms with Gasteiger partial charge in [0.15, 0.2) is 23.1 Å². The Labute approximate surface area is 270 Å². The second kappa shape index (κ2) is 17.6. The lowest BCUT2D eigenvalue weighted by Gasteiger charge is -2.06. The number of phenolic OH excluding ortho intramolecular Hbond substituents is 4. The lowest BCUT2D eigenvalue weighted by Crippen LogP contribution is -2.04. The first-order valence-corrected chi connectivity index (χ1v) is 15.0. The monoisotopic (exact) mass is 644 g/mol. The number of ketones is 2. The molecule has 0 bridgehead atoms. The summed E-state index contributed by atoms with van der Waals surface area (Å²) < 4.78 is 0. The predicted molar refractivity (Wildman–Crippen MR) is 174 cm³/mol. The third-order valence-corrected chi connectivity index (χ3v) is 7.40. The highest BCUT2D eigenvalue weighted by Crippen LogP contribution is 2.39. The number of carbonyl (C=O) groups excluding carboxylic acids is 2.